The van der Waals surface area contributed by atoms with Crippen LogP contribution in [0, 0.1) is 29.1 Å². The van der Waals surface area contributed by atoms with E-state index in [0.717, 1.165) is 0 Å². The number of carbonyl (C=O) groups excluding carboxylic acids is 16. The monoisotopic (exact) mass is 2040 g/mol. The molecule has 46 nitrogen and oxygen atoms in total. The molecule has 806 valence electrons. The van der Waals surface area contributed by atoms with Crippen LogP contribution in [-0.4, -0.2) is 275 Å². The Morgan fingerprint density at radius 2 is 0.671 bits per heavy atom. The molecule has 0 aliphatic carbocycles. The van der Waals surface area contributed by atoms with Crippen LogP contribution in [0.2, 0.25) is 0 Å². The maximum Gasteiger partial charge on any atom is 0.326 e. The summed E-state index contributed by atoms with van der Waals surface area (Å²) in [5.41, 5.74) is 37.2. The number of fused-ring (bicyclic) bond motifs is 1. The highest BCUT2D eigenvalue weighted by Crippen LogP contribution is 2.23. The Morgan fingerprint density at radius 3 is 1.08 bits per heavy atom. The van der Waals surface area contributed by atoms with Gasteiger partial charge in [0.2, 0.25) is 94.5 Å². The van der Waals surface area contributed by atoms with Gasteiger partial charge in [0.1, 0.15) is 102 Å². The van der Waals surface area contributed by atoms with Gasteiger partial charge < -0.3 is 150 Å². The van der Waals surface area contributed by atoms with Crippen LogP contribution >= 0.6 is 0 Å². The highest BCUT2D eigenvalue weighted by Gasteiger charge is 2.41. The Morgan fingerprint density at radius 1 is 0.336 bits per heavy atom. The standard InChI is InChI=1S/C100H155N25O21/c1-56(2)46-74(92(138)117-73(32-23-45-108-100(106)107)87(133)111-60(9)85(131)123-80(55-126)86(132)110-54-82(130)113-79(99(145)146)47-57(3)4)121-97(143)84(59(7)8)125-96(142)77(48-61-24-11-10-12-25-61)120-94(140)76(50-63-35-39-66(128)40-36-63)119-93(139)75(49-62-33-37-65(127)38-34-62)118-90(136)71(30-17-21-43-103)114-89(135)70(29-16-20-42-102)116-95(141)78(51-64-53-109-68-27-14-13-26-67(64)68)122-98(144)83(58(5)6)124-91(137)72(31-18-22-44-104)115-88(134)69(28-15-19-41-101)112-81(129)52-105/h10-14,24-27,33-40,53,56-60,69-80,83-84,109,126-128H,15-23,28-32,41-52,54-55,101-105H2,1-9H3,(H,110,132)(H,111,133)(H,112,129)(H,113,130)(H,114,135)(H,115,134)(H,116,141)(H,117,138)(H,118,136)(H,119,139)(H,120,140)(H,121,143)(H,122,144)(H,123,131)(H,124,137)(H,125,142)(H,145,146)(H4,106,107,108)/t60-,69-,70-,71-,72-,73-,74-,75-,76-,77-,78-,79-,80-,83-,84-/m0/s1. The number of benzene rings is 4. The summed E-state index contributed by atoms with van der Waals surface area (Å²) in [6, 6.07) is 4.90. The number of H-pyrrole nitrogens is 1. The van der Waals surface area contributed by atoms with Crippen molar-refractivity contribution in [3.05, 3.63) is 132 Å². The minimum atomic E-state index is -1.68. The molecule has 0 spiro atoms. The number of aliphatic hydroxyl groups excluding tert-OH is 1. The van der Waals surface area contributed by atoms with E-state index in [2.05, 4.69) is 95.4 Å². The number of phenols is 2. The van der Waals surface area contributed by atoms with Crippen LogP contribution in [-0.2, 0) is 107 Å². The second kappa shape index (κ2) is 64.7. The average Bonchev–Trinajstić information content (AvgIpc) is 1.64. The highest BCUT2D eigenvalue weighted by molar-refractivity contribution is 6.02. The summed E-state index contributed by atoms with van der Waals surface area (Å²) in [4.78, 5) is 247. The lowest BCUT2D eigenvalue weighted by atomic mass is 9.98. The van der Waals surface area contributed by atoms with E-state index < -0.39 is 229 Å². The molecule has 16 amide bonds. The Labute approximate surface area is 850 Å². The lowest BCUT2D eigenvalue weighted by molar-refractivity contribution is -0.142. The molecule has 35 N–H and O–H groups in total. The normalized spacial score (nSPS) is 14.4. The molecule has 0 bridgehead atoms. The predicted molar refractivity (Wildman–Crippen MR) is 547 cm³/mol. The van der Waals surface area contributed by atoms with Gasteiger partial charge in [0.15, 0.2) is 5.96 Å². The Hall–Kier alpha value is -14.0. The second-order valence-corrected chi connectivity index (χ2v) is 37.9. The van der Waals surface area contributed by atoms with Crippen molar-refractivity contribution in [2.24, 2.45) is 58.1 Å². The first-order valence-electron chi connectivity index (χ1n) is 49.8. The van der Waals surface area contributed by atoms with E-state index in [0.29, 0.717) is 78.2 Å². The van der Waals surface area contributed by atoms with Gasteiger partial charge in [0.25, 0.3) is 0 Å². The SMILES string of the molecule is CC(C)C[C@H](NC(=O)CNC(=O)[C@H](CO)NC(=O)[C@H](C)NC(=O)[C@H](CCCNC(=N)N)NC(=O)[C@H](CC(C)C)NC(=O)[C@@H](NC(=O)[C@H](Cc1ccccc1)NC(=O)[C@H](Cc1ccc(O)cc1)NC(=O)[C@H](Cc1ccc(O)cc1)NC(=O)[C@H](CCCCN)NC(=O)[C@H](CCCCN)NC(=O)[C@H](Cc1c[nH]c2ccccc12)NC(=O)[C@@H](NC(=O)[C@H](CCCCN)NC(=O)[C@H](CCCCN)NC(=O)CN)C(C)C)C(C)C)C(=O)O. The number of hydrogen-bond acceptors (Lipinski definition) is 26. The summed E-state index contributed by atoms with van der Waals surface area (Å²) < 4.78 is 0. The topological polar surface area (TPSA) is 771 Å². The molecule has 46 heteroatoms. The van der Waals surface area contributed by atoms with E-state index >= 15 is 33.6 Å². The molecule has 5 rings (SSSR count). The number of aromatic hydroxyl groups is 2. The Kier molecular flexibility index (Phi) is 54.3. The number of hydrogen-bond donors (Lipinski definition) is 29. The molecule has 0 saturated heterocycles. The van der Waals surface area contributed by atoms with Crippen molar-refractivity contribution in [1.29, 1.82) is 5.41 Å². The number of phenolic OH excluding ortho intramolecular Hbond substituents is 2. The van der Waals surface area contributed by atoms with Gasteiger partial charge in [-0.25, -0.2) is 4.79 Å². The summed E-state index contributed by atoms with van der Waals surface area (Å²) in [5.74, 6) is -18.1. The second-order valence-electron chi connectivity index (χ2n) is 37.9. The van der Waals surface area contributed by atoms with Gasteiger partial charge >= 0.3 is 5.97 Å². The van der Waals surface area contributed by atoms with E-state index in [1.54, 1.807) is 116 Å². The number of aromatic amines is 1. The first kappa shape index (κ1) is 123. The van der Waals surface area contributed by atoms with E-state index in [9.17, 15) is 68.4 Å². The van der Waals surface area contributed by atoms with Crippen molar-refractivity contribution in [1.82, 2.24) is 95.4 Å². The first-order chi connectivity index (χ1) is 69.4. The molecule has 146 heavy (non-hydrogen) atoms. The van der Waals surface area contributed by atoms with Crippen LogP contribution in [0.25, 0.3) is 10.9 Å². The van der Waals surface area contributed by atoms with Crippen molar-refractivity contribution in [3.8, 4) is 11.5 Å². The number of guanidine groups is 1. The summed E-state index contributed by atoms with van der Waals surface area (Å²) >= 11 is 0. The summed E-state index contributed by atoms with van der Waals surface area (Å²) in [7, 11) is 0. The predicted octanol–water partition coefficient (Wildman–Crippen LogP) is -2.52. The van der Waals surface area contributed by atoms with Crippen molar-refractivity contribution < 1.29 is 102 Å². The molecule has 0 unspecified atom stereocenters. The van der Waals surface area contributed by atoms with Gasteiger partial charge in [-0.1, -0.05) is 128 Å². The van der Waals surface area contributed by atoms with Crippen LogP contribution in [0.15, 0.2) is 109 Å². The number of aromatic nitrogens is 1. The number of aliphatic hydroxyl groups is 1. The minimum absolute atomic E-state index is 0.0220. The van der Waals surface area contributed by atoms with Crippen molar-refractivity contribution in [3.63, 3.8) is 0 Å². The number of unbranched alkanes of at least 4 members (excludes halogenated alkanes) is 4. The van der Waals surface area contributed by atoms with Crippen LogP contribution < -0.4 is 125 Å². The van der Waals surface area contributed by atoms with E-state index in [1.807, 2.05) is 0 Å². The van der Waals surface area contributed by atoms with E-state index in [-0.39, 0.29) is 139 Å². The van der Waals surface area contributed by atoms with E-state index in [1.165, 1.54) is 55.5 Å². The number of carboxylic acid groups (broad SMARTS) is 1. The number of para-hydroxylation sites is 1. The Balaban J connectivity index is 1.48. The smallest absolute Gasteiger partial charge is 0.326 e. The van der Waals surface area contributed by atoms with Crippen LogP contribution in [0.5, 0.6) is 11.5 Å². The fraction of sp³-hybridized carbons (Fsp3) is 0.560. The average molecular weight is 2040 g/mol. The zero-order valence-electron chi connectivity index (χ0n) is 84.9. The van der Waals surface area contributed by atoms with E-state index in [4.69, 9.17) is 39.8 Å². The number of nitrogens with two attached hydrogens (primary N) is 6. The third kappa shape index (κ3) is 43.9. The van der Waals surface area contributed by atoms with Crippen molar-refractivity contribution >= 4 is 117 Å². The third-order valence-corrected chi connectivity index (χ3v) is 24.0. The Bertz CT molecular complexity index is 5070. The maximum absolute atomic E-state index is 15.6. The molecule has 0 aliphatic rings. The van der Waals surface area contributed by atoms with Gasteiger partial charge in [-0.15, -0.1) is 0 Å². The lowest BCUT2D eigenvalue weighted by Crippen LogP contribution is -2.62. The molecular formula is C100H155N25O21. The number of aliphatic carboxylic acids is 1. The highest BCUT2D eigenvalue weighted by atomic mass is 16.4. The molecular weight excluding hydrogens is 1890 g/mol. The maximum atomic E-state index is 15.6. The summed E-state index contributed by atoms with van der Waals surface area (Å²) in [6.45, 7) is 13.5. The van der Waals surface area contributed by atoms with Gasteiger partial charge in [0.05, 0.1) is 19.7 Å². The molecule has 0 aliphatic heterocycles. The zero-order valence-corrected chi connectivity index (χ0v) is 84.9. The molecule has 0 radical (unpaired) electrons. The number of amides is 16. The van der Waals surface area contributed by atoms with Crippen molar-refractivity contribution in [2.75, 3.05) is 52.4 Å². The van der Waals surface area contributed by atoms with Crippen LogP contribution in [0.3, 0.4) is 0 Å². The number of carboxylic acids is 1. The summed E-state index contributed by atoms with van der Waals surface area (Å²) in [6.07, 6.45) is 3.45. The zero-order chi connectivity index (χ0) is 108. The lowest BCUT2D eigenvalue weighted by Gasteiger charge is -2.30. The van der Waals surface area contributed by atoms with Crippen molar-refractivity contribution in [2.45, 2.75) is 281 Å². The minimum Gasteiger partial charge on any atom is -0.508 e. The quantitative estimate of drug-likeness (QED) is 0.0108. The van der Waals surface area contributed by atoms with Gasteiger partial charge in [-0.05, 0) is 212 Å². The fourth-order valence-corrected chi connectivity index (χ4v) is 15.8. The molecule has 1 aromatic heterocycles. The van der Waals surface area contributed by atoms with Gasteiger partial charge in [-0.3, -0.25) is 82.1 Å². The first-order valence-corrected chi connectivity index (χ1v) is 49.8. The molecule has 0 fully saturated rings. The van der Waals surface area contributed by atoms with Crippen LogP contribution in [0.1, 0.15) is 187 Å². The number of rotatable bonds is 68. The largest absolute Gasteiger partial charge is 0.508 e. The van der Waals surface area contributed by atoms with Gasteiger partial charge in [0, 0.05) is 49.3 Å². The molecule has 1 heterocycles. The molecule has 4 aromatic carbocycles. The fourth-order valence-electron chi connectivity index (χ4n) is 15.8. The number of carbonyl (C=O) groups is 17. The summed E-state index contributed by atoms with van der Waals surface area (Å²) in [5, 5.41) is 94.0. The van der Waals surface area contributed by atoms with Crippen LogP contribution in [0.4, 0.5) is 0 Å². The third-order valence-electron chi connectivity index (χ3n) is 24.0. The molecule has 0 saturated carbocycles. The number of nitrogens with one attached hydrogen (secondary N) is 19. The van der Waals surface area contributed by atoms with Gasteiger partial charge in [-0.2, -0.15) is 0 Å². The molecule has 15 atom stereocenters. The molecule has 5 aromatic rings.